The normalized spacial score (nSPS) is 14.5. The van der Waals surface area contributed by atoms with Crippen molar-refractivity contribution < 1.29 is 37.8 Å². The van der Waals surface area contributed by atoms with E-state index in [2.05, 4.69) is 45.8 Å². The summed E-state index contributed by atoms with van der Waals surface area (Å²) in [7, 11) is 8.91. The molecule has 0 unspecified atom stereocenters. The number of benzene rings is 6. The van der Waals surface area contributed by atoms with Crippen LogP contribution in [0.2, 0.25) is 0 Å². The fourth-order valence-corrected chi connectivity index (χ4v) is 8.80. The van der Waals surface area contributed by atoms with Crippen molar-refractivity contribution in [2.75, 3.05) is 87.7 Å². The van der Waals surface area contributed by atoms with Gasteiger partial charge in [0.2, 0.25) is 0 Å². The minimum Gasteiger partial charge on any atom is -0.478 e. The number of aromatic carboxylic acids is 1. The number of likely N-dealkylation sites (N-methyl/N-ethyl adjacent to an activating group) is 2. The Morgan fingerprint density at radius 2 is 0.901 bits per heavy atom. The molecule has 370 valence electrons. The van der Waals surface area contributed by atoms with E-state index in [4.69, 9.17) is 4.74 Å². The van der Waals surface area contributed by atoms with Crippen molar-refractivity contribution in [3.63, 3.8) is 0 Å². The first-order valence-electron chi connectivity index (χ1n) is 23.7. The minimum atomic E-state index is -1.08. The summed E-state index contributed by atoms with van der Waals surface area (Å²) < 4.78 is 34.4. The molecule has 0 bridgehead atoms. The molecule has 0 spiro atoms. The maximum Gasteiger partial charge on any atom is 0.337 e. The Bertz CT molecular complexity index is 2840. The van der Waals surface area contributed by atoms with Crippen LogP contribution < -0.4 is 0 Å². The van der Waals surface area contributed by atoms with Crippen molar-refractivity contribution in [3.05, 3.63) is 190 Å². The lowest BCUT2D eigenvalue weighted by Gasteiger charge is -2.32. The molecule has 0 saturated carbocycles. The zero-order chi connectivity index (χ0) is 50.6. The van der Waals surface area contributed by atoms with E-state index in [1.54, 1.807) is 73.6 Å². The largest absolute Gasteiger partial charge is 0.478 e. The first-order valence-corrected chi connectivity index (χ1v) is 23.7. The fraction of sp³-hybridized carbons (Fsp3) is 0.298. The third-order valence-electron chi connectivity index (χ3n) is 13.0. The molecular formula is C57H62F2N6O6. The van der Waals surface area contributed by atoms with Gasteiger partial charge in [0.1, 0.15) is 11.6 Å². The second-order valence-corrected chi connectivity index (χ2v) is 18.5. The number of esters is 1. The smallest absolute Gasteiger partial charge is 0.337 e. The third-order valence-corrected chi connectivity index (χ3v) is 13.0. The van der Waals surface area contributed by atoms with Gasteiger partial charge in [-0.15, -0.1) is 0 Å². The number of piperazine rings is 2. The molecule has 71 heavy (non-hydrogen) atoms. The quantitative estimate of drug-likeness (QED) is 0.107. The van der Waals surface area contributed by atoms with Crippen LogP contribution in [0.4, 0.5) is 8.78 Å². The van der Waals surface area contributed by atoms with Crippen molar-refractivity contribution >= 4 is 23.8 Å². The molecule has 0 aromatic heterocycles. The molecule has 2 aliphatic heterocycles. The zero-order valence-corrected chi connectivity index (χ0v) is 41.1. The molecule has 0 aliphatic carbocycles. The Morgan fingerprint density at radius 3 is 1.32 bits per heavy atom. The van der Waals surface area contributed by atoms with Crippen LogP contribution in [-0.2, 0) is 30.9 Å². The first-order chi connectivity index (χ1) is 34.1. The Balaban J connectivity index is 0.000000209. The Labute approximate surface area is 415 Å². The van der Waals surface area contributed by atoms with Gasteiger partial charge in [0, 0.05) is 115 Å². The summed E-state index contributed by atoms with van der Waals surface area (Å²) in [5.74, 6) is -2.72. The minimum absolute atomic E-state index is 0.0600. The van der Waals surface area contributed by atoms with Crippen LogP contribution in [0.5, 0.6) is 0 Å². The number of amides is 2. The van der Waals surface area contributed by atoms with Gasteiger partial charge in [-0.05, 0) is 120 Å². The van der Waals surface area contributed by atoms with Crippen molar-refractivity contribution in [1.82, 2.24) is 29.4 Å². The number of hydrogen-bond acceptors (Lipinski definition) is 9. The molecule has 1 N–H and O–H groups in total. The predicted octanol–water partition coefficient (Wildman–Crippen LogP) is 8.51. The van der Waals surface area contributed by atoms with Crippen LogP contribution in [0.15, 0.2) is 133 Å². The fourth-order valence-electron chi connectivity index (χ4n) is 8.80. The molecule has 2 amide bonds. The molecule has 0 radical (unpaired) electrons. The van der Waals surface area contributed by atoms with Gasteiger partial charge in [-0.1, -0.05) is 60.7 Å². The van der Waals surface area contributed by atoms with Gasteiger partial charge in [-0.2, -0.15) is 0 Å². The topological polar surface area (TPSA) is 117 Å². The molecule has 2 aliphatic rings. The molecule has 2 fully saturated rings. The highest BCUT2D eigenvalue weighted by molar-refractivity contribution is 5.98. The maximum atomic E-state index is 14.9. The average molecular weight is 965 g/mol. The van der Waals surface area contributed by atoms with Crippen LogP contribution in [0, 0.1) is 11.6 Å². The van der Waals surface area contributed by atoms with E-state index in [0.717, 1.165) is 98.8 Å². The highest BCUT2D eigenvalue weighted by atomic mass is 19.1. The summed E-state index contributed by atoms with van der Waals surface area (Å²) in [5, 5.41) is 9.19. The lowest BCUT2D eigenvalue weighted by Crippen LogP contribution is -2.43. The van der Waals surface area contributed by atoms with E-state index in [-0.39, 0.29) is 35.6 Å². The van der Waals surface area contributed by atoms with E-state index in [9.17, 15) is 33.1 Å². The number of halogens is 2. The van der Waals surface area contributed by atoms with Crippen molar-refractivity contribution in [3.8, 4) is 22.3 Å². The van der Waals surface area contributed by atoms with E-state index in [0.29, 0.717) is 34.4 Å². The monoisotopic (exact) mass is 964 g/mol. The average Bonchev–Trinajstić information content (AvgIpc) is 3.38. The molecule has 6 aromatic carbocycles. The van der Waals surface area contributed by atoms with E-state index >= 15 is 0 Å². The van der Waals surface area contributed by atoms with Gasteiger partial charge in [-0.25, -0.2) is 18.4 Å². The SMILES string of the molecule is CN1CCN(Cc2cccc(-c3cc(CN(C)C(=O)c4cccc(C(=O)O)c4)ccc3F)c2)CC1.COC(=O)c1cccc(C(=O)N(C)Cc2ccc(F)c(-c3cccc(CN4CCN(C)CC4)c3)c2)c1. The van der Waals surface area contributed by atoms with Crippen LogP contribution >= 0.6 is 0 Å². The summed E-state index contributed by atoms with van der Waals surface area (Å²) in [6.45, 7) is 10.5. The second kappa shape index (κ2) is 24.1. The summed E-state index contributed by atoms with van der Waals surface area (Å²) >= 11 is 0. The van der Waals surface area contributed by atoms with Gasteiger partial charge in [0.05, 0.1) is 18.2 Å². The van der Waals surface area contributed by atoms with Gasteiger partial charge in [0.25, 0.3) is 11.8 Å². The summed E-state index contributed by atoms with van der Waals surface area (Å²) in [5.41, 5.74) is 7.60. The van der Waals surface area contributed by atoms with Crippen LogP contribution in [0.3, 0.4) is 0 Å². The molecule has 0 atom stereocenters. The number of rotatable bonds is 14. The summed E-state index contributed by atoms with van der Waals surface area (Å²) in [4.78, 5) is 61.4. The first kappa shape index (κ1) is 51.7. The summed E-state index contributed by atoms with van der Waals surface area (Å²) in [6.07, 6.45) is 0. The lowest BCUT2D eigenvalue weighted by molar-refractivity contribution is 0.0599. The van der Waals surface area contributed by atoms with Gasteiger partial charge in [-0.3, -0.25) is 19.4 Å². The van der Waals surface area contributed by atoms with Crippen molar-refractivity contribution in [2.24, 2.45) is 0 Å². The van der Waals surface area contributed by atoms with Gasteiger partial charge >= 0.3 is 11.9 Å². The number of ether oxygens (including phenoxy) is 1. The molecule has 6 aromatic rings. The standard InChI is InChI=1S/C29H32FN3O3.C28H30FN3O3/c1-31-12-14-33(15-13-31)20-21-6-4-7-23(16-21)26-17-22(10-11-27(26)30)19-32(2)28(34)24-8-5-9-25(18-24)29(35)36-3;1-30-11-13-32(14-12-30)19-20-5-3-6-22(15-20)25-16-21(9-10-26(25)29)18-31(2)27(33)23-7-4-8-24(17-23)28(34)35/h4-11,16-18H,12-15,19-20H2,1-3H3;3-10,15-17H,11-14,18-19H2,1-2H3,(H,34,35). The molecular weight excluding hydrogens is 903 g/mol. The second-order valence-electron chi connectivity index (χ2n) is 18.5. The molecule has 12 nitrogen and oxygen atoms in total. The van der Waals surface area contributed by atoms with E-state index in [1.807, 2.05) is 36.4 Å². The number of carbonyl (C=O) groups is 4. The molecule has 2 heterocycles. The number of carboxylic acids is 1. The number of carboxylic acid groups (broad SMARTS) is 1. The van der Waals surface area contributed by atoms with E-state index in [1.165, 1.54) is 42.3 Å². The van der Waals surface area contributed by atoms with Crippen LogP contribution in [0.1, 0.15) is 63.7 Å². The Morgan fingerprint density at radius 1 is 0.507 bits per heavy atom. The number of methoxy groups -OCH3 is 1. The molecule has 2 saturated heterocycles. The van der Waals surface area contributed by atoms with Crippen LogP contribution in [-0.4, -0.2) is 146 Å². The highest BCUT2D eigenvalue weighted by Gasteiger charge is 2.20. The number of hydrogen-bond donors (Lipinski definition) is 1. The van der Waals surface area contributed by atoms with Crippen molar-refractivity contribution in [2.45, 2.75) is 26.2 Å². The zero-order valence-electron chi connectivity index (χ0n) is 41.1. The third kappa shape index (κ3) is 14.0. The Kier molecular flexibility index (Phi) is 17.6. The Hall–Kier alpha value is -7.10. The predicted molar refractivity (Wildman–Crippen MR) is 272 cm³/mol. The van der Waals surface area contributed by atoms with Crippen molar-refractivity contribution in [1.29, 1.82) is 0 Å². The highest BCUT2D eigenvalue weighted by Crippen LogP contribution is 2.28. The lowest BCUT2D eigenvalue weighted by atomic mass is 9.99. The number of carbonyl (C=O) groups excluding carboxylic acids is 3. The van der Waals surface area contributed by atoms with Crippen LogP contribution in [0.25, 0.3) is 22.3 Å². The molecule has 8 rings (SSSR count). The maximum absolute atomic E-state index is 14.9. The number of nitrogens with zero attached hydrogens (tertiary/aromatic N) is 6. The molecule has 14 heteroatoms. The summed E-state index contributed by atoms with van der Waals surface area (Å²) in [6, 6.07) is 38.2. The van der Waals surface area contributed by atoms with E-state index < -0.39 is 11.9 Å². The van der Waals surface area contributed by atoms with Gasteiger partial charge in [0.15, 0.2) is 0 Å². The van der Waals surface area contributed by atoms with Gasteiger partial charge < -0.3 is 29.4 Å².